The van der Waals surface area contributed by atoms with E-state index in [4.69, 9.17) is 21.7 Å². The van der Waals surface area contributed by atoms with Crippen LogP contribution in [0.3, 0.4) is 0 Å². The highest BCUT2D eigenvalue weighted by Crippen LogP contribution is 2.19. The Bertz CT molecular complexity index is 214. The van der Waals surface area contributed by atoms with E-state index < -0.39 is 5.72 Å². The second-order valence-electron chi connectivity index (χ2n) is 2.39. The largest absolute Gasteiger partial charge is 0.508 e. The molecular weight excluding hydrogens is 203 g/mol. The van der Waals surface area contributed by atoms with Gasteiger partial charge in [-0.05, 0) is 12.2 Å². The summed E-state index contributed by atoms with van der Waals surface area (Å²) in [5, 5.41) is 18.1. The third kappa shape index (κ3) is 2.91. The lowest BCUT2D eigenvalue weighted by Gasteiger charge is -2.24. The molecule has 0 saturated heterocycles. The van der Waals surface area contributed by atoms with E-state index in [1.165, 1.54) is 12.2 Å². The highest BCUT2D eigenvalue weighted by Gasteiger charge is 2.28. The molecule has 1 atom stereocenters. The van der Waals surface area contributed by atoms with E-state index in [1.807, 2.05) is 0 Å². The Morgan fingerprint density at radius 3 is 2.17 bits per heavy atom. The van der Waals surface area contributed by atoms with Gasteiger partial charge in [0.15, 0.2) is 5.72 Å². The Balaban J connectivity index is 0. The first kappa shape index (κ1) is 14.1. The molecule has 0 amide bonds. The summed E-state index contributed by atoms with van der Waals surface area (Å²) in [6, 6.07) is 0. The molecule has 0 aliphatic heterocycles. The Labute approximate surface area is 82.8 Å². The average molecular weight is 215 g/mol. The Hall–Kier alpha value is -0.420. The highest BCUT2D eigenvalue weighted by atomic mass is 35.5. The normalized spacial score (nSPS) is 27.5. The lowest BCUT2D eigenvalue weighted by Crippen LogP contribution is -2.44. The van der Waals surface area contributed by atoms with Gasteiger partial charge in [-0.25, -0.2) is 0 Å². The third-order valence-corrected chi connectivity index (χ3v) is 1.37. The number of aliphatic hydroxyl groups excluding tert-OH is 1. The Morgan fingerprint density at radius 2 is 1.83 bits per heavy atom. The van der Waals surface area contributed by atoms with Crippen molar-refractivity contribution < 1.29 is 10.2 Å². The molecule has 1 unspecified atom stereocenters. The van der Waals surface area contributed by atoms with Crippen LogP contribution in [0.4, 0.5) is 0 Å². The summed E-state index contributed by atoms with van der Waals surface area (Å²) < 4.78 is 0. The molecule has 0 fully saturated rings. The van der Waals surface area contributed by atoms with Crippen LogP contribution < -0.4 is 11.5 Å². The Kier molecular flexibility index (Phi) is 5.38. The van der Waals surface area contributed by atoms with E-state index in [-0.39, 0.29) is 37.0 Å². The average Bonchev–Trinajstić information content (AvgIpc) is 1.78. The van der Waals surface area contributed by atoms with Gasteiger partial charge >= 0.3 is 0 Å². The minimum Gasteiger partial charge on any atom is -0.508 e. The van der Waals surface area contributed by atoms with E-state index in [0.29, 0.717) is 5.70 Å². The first-order valence-electron chi connectivity index (χ1n) is 2.89. The molecule has 0 radical (unpaired) electrons. The van der Waals surface area contributed by atoms with Gasteiger partial charge in [0.05, 0.1) is 0 Å². The summed E-state index contributed by atoms with van der Waals surface area (Å²) in [4.78, 5) is 0. The molecule has 4 nitrogen and oxygen atoms in total. The maximum atomic E-state index is 9.15. The van der Waals surface area contributed by atoms with E-state index in [9.17, 15) is 0 Å². The van der Waals surface area contributed by atoms with Crippen molar-refractivity contribution in [3.8, 4) is 0 Å². The van der Waals surface area contributed by atoms with E-state index in [2.05, 4.69) is 0 Å². The first-order valence-corrected chi connectivity index (χ1v) is 2.89. The lowest BCUT2D eigenvalue weighted by molar-refractivity contribution is 0.0394. The predicted molar refractivity (Wildman–Crippen MR) is 51.2 cm³/mol. The second kappa shape index (κ2) is 4.57. The molecule has 0 spiro atoms. The van der Waals surface area contributed by atoms with Crippen LogP contribution >= 0.6 is 24.8 Å². The summed E-state index contributed by atoms with van der Waals surface area (Å²) >= 11 is 0. The molecule has 0 aromatic carbocycles. The van der Waals surface area contributed by atoms with Crippen molar-refractivity contribution in [1.82, 2.24) is 0 Å². The molecule has 0 aromatic rings. The van der Waals surface area contributed by atoms with Crippen molar-refractivity contribution in [1.29, 1.82) is 0 Å². The maximum absolute atomic E-state index is 9.15. The highest BCUT2D eigenvalue weighted by molar-refractivity contribution is 5.85. The van der Waals surface area contributed by atoms with Crippen LogP contribution in [0.2, 0.25) is 0 Å². The van der Waals surface area contributed by atoms with Gasteiger partial charge in [-0.3, -0.25) is 5.73 Å². The number of rotatable bonds is 0. The Morgan fingerprint density at radius 1 is 1.33 bits per heavy atom. The fourth-order valence-corrected chi connectivity index (χ4v) is 0.791. The molecule has 1 rings (SSSR count). The maximum Gasteiger partial charge on any atom is 0.177 e. The van der Waals surface area contributed by atoms with E-state index >= 15 is 0 Å². The van der Waals surface area contributed by atoms with Crippen molar-refractivity contribution in [3.63, 3.8) is 0 Å². The molecule has 72 valence electrons. The fraction of sp³-hybridized carbons (Fsp3) is 0.333. The molecule has 0 aromatic heterocycles. The van der Waals surface area contributed by atoms with Gasteiger partial charge in [-0.2, -0.15) is 0 Å². The molecule has 0 saturated carbocycles. The fourth-order valence-electron chi connectivity index (χ4n) is 0.791. The van der Waals surface area contributed by atoms with Gasteiger partial charge in [0.25, 0.3) is 0 Å². The van der Waals surface area contributed by atoms with E-state index in [1.54, 1.807) is 0 Å². The van der Waals surface area contributed by atoms with Crippen LogP contribution in [0.5, 0.6) is 0 Å². The number of allylic oxidation sites excluding steroid dienone is 2. The number of halogens is 2. The van der Waals surface area contributed by atoms with Gasteiger partial charge in [-0.1, -0.05) is 0 Å². The van der Waals surface area contributed by atoms with Gasteiger partial charge < -0.3 is 15.9 Å². The second-order valence-corrected chi connectivity index (χ2v) is 2.39. The van der Waals surface area contributed by atoms with Crippen molar-refractivity contribution in [3.05, 3.63) is 23.6 Å². The molecule has 0 heterocycles. The minimum absolute atomic E-state index is 0. The summed E-state index contributed by atoms with van der Waals surface area (Å²) in [5.74, 6) is -0.248. The van der Waals surface area contributed by atoms with Gasteiger partial charge in [0.1, 0.15) is 5.76 Å². The van der Waals surface area contributed by atoms with Crippen LogP contribution in [0.1, 0.15) is 6.42 Å². The molecule has 0 bridgehead atoms. The monoisotopic (exact) mass is 214 g/mol. The van der Waals surface area contributed by atoms with Crippen molar-refractivity contribution in [2.75, 3.05) is 0 Å². The predicted octanol–water partition coefficient (Wildman–Crippen LogP) is 0.166. The van der Waals surface area contributed by atoms with Crippen molar-refractivity contribution >= 4 is 24.8 Å². The van der Waals surface area contributed by atoms with Crippen molar-refractivity contribution in [2.24, 2.45) is 11.5 Å². The van der Waals surface area contributed by atoms with Gasteiger partial charge in [0, 0.05) is 12.1 Å². The number of nitrogens with two attached hydrogens (primary N) is 2. The summed E-state index contributed by atoms with van der Waals surface area (Å²) in [6.45, 7) is 0. The van der Waals surface area contributed by atoms with E-state index in [0.717, 1.165) is 0 Å². The van der Waals surface area contributed by atoms with Gasteiger partial charge in [0.2, 0.25) is 0 Å². The SMILES string of the molecule is Cl.Cl.NC1=CC=C(O)C(N)(O)C1. The topological polar surface area (TPSA) is 92.5 Å². The number of hydrogen-bond donors (Lipinski definition) is 4. The van der Waals surface area contributed by atoms with Crippen LogP contribution in [-0.4, -0.2) is 15.9 Å². The summed E-state index contributed by atoms with van der Waals surface area (Å²) in [6.07, 6.45) is 2.88. The molecule has 12 heavy (non-hydrogen) atoms. The van der Waals surface area contributed by atoms with Crippen LogP contribution in [-0.2, 0) is 0 Å². The summed E-state index contributed by atoms with van der Waals surface area (Å²) in [7, 11) is 0. The molecule has 6 N–H and O–H groups in total. The standard InChI is InChI=1S/C6H10N2O2.2ClH/c7-4-1-2-5(9)6(8,10)3-4;;/h1-2,9-10H,3,7-8H2;2*1H. The zero-order valence-corrected chi connectivity index (χ0v) is 7.86. The molecular formula is C6H12Cl2N2O2. The third-order valence-electron chi connectivity index (χ3n) is 1.37. The van der Waals surface area contributed by atoms with Crippen LogP contribution in [0.15, 0.2) is 23.6 Å². The quantitative estimate of drug-likeness (QED) is 0.433. The lowest BCUT2D eigenvalue weighted by atomic mass is 10.0. The minimum atomic E-state index is -1.67. The molecule has 1 aliphatic rings. The zero-order chi connectivity index (χ0) is 7.78. The van der Waals surface area contributed by atoms with Crippen LogP contribution in [0, 0.1) is 0 Å². The molecule has 6 heteroatoms. The van der Waals surface area contributed by atoms with Crippen LogP contribution in [0.25, 0.3) is 0 Å². The smallest absolute Gasteiger partial charge is 0.177 e. The zero-order valence-electron chi connectivity index (χ0n) is 6.23. The van der Waals surface area contributed by atoms with Crippen molar-refractivity contribution in [2.45, 2.75) is 12.1 Å². The van der Waals surface area contributed by atoms with Gasteiger partial charge in [-0.15, -0.1) is 24.8 Å². The summed E-state index contributed by atoms with van der Waals surface area (Å²) in [5.41, 5.74) is 9.36. The number of hydrogen-bond acceptors (Lipinski definition) is 4. The first-order chi connectivity index (χ1) is 4.52. The molecule has 1 aliphatic carbocycles. The number of aliphatic hydroxyl groups is 2.